The average Bonchev–Trinajstić information content (AvgIpc) is 3.08. The Labute approximate surface area is 130 Å². The minimum Gasteiger partial charge on any atom is -0.493 e. The van der Waals surface area contributed by atoms with Crippen LogP contribution in [0.4, 0.5) is 0 Å². The smallest absolute Gasteiger partial charge is 0.163 e. The van der Waals surface area contributed by atoms with Crippen molar-refractivity contribution >= 4 is 22.6 Å². The van der Waals surface area contributed by atoms with Gasteiger partial charge >= 0.3 is 0 Å². The van der Waals surface area contributed by atoms with Crippen molar-refractivity contribution in [2.45, 2.75) is 38.6 Å². The molecule has 1 fully saturated rings. The molecule has 1 atom stereocenters. The molecular formula is C16H21ClN2O2. The number of fused-ring (bicyclic) bond motifs is 1. The predicted molar refractivity (Wildman–Crippen MR) is 84.4 cm³/mol. The van der Waals surface area contributed by atoms with E-state index >= 15 is 0 Å². The second-order valence-electron chi connectivity index (χ2n) is 6.18. The first-order valence-electron chi connectivity index (χ1n) is 7.24. The van der Waals surface area contributed by atoms with Gasteiger partial charge in [-0.2, -0.15) is 0 Å². The number of imidazole rings is 1. The Morgan fingerprint density at radius 3 is 2.43 bits per heavy atom. The summed E-state index contributed by atoms with van der Waals surface area (Å²) in [4.78, 5) is 4.70. The first kappa shape index (κ1) is 14.5. The Morgan fingerprint density at radius 2 is 1.90 bits per heavy atom. The summed E-state index contributed by atoms with van der Waals surface area (Å²) in [6.45, 7) is 5.22. The van der Waals surface area contributed by atoms with Gasteiger partial charge in [-0.05, 0) is 25.2 Å². The van der Waals surface area contributed by atoms with Gasteiger partial charge in [0.25, 0.3) is 0 Å². The minimum absolute atomic E-state index is 0.128. The van der Waals surface area contributed by atoms with Crippen molar-refractivity contribution < 1.29 is 9.47 Å². The van der Waals surface area contributed by atoms with E-state index in [9.17, 15) is 0 Å². The van der Waals surface area contributed by atoms with Crippen LogP contribution in [0.3, 0.4) is 0 Å². The lowest BCUT2D eigenvalue weighted by molar-refractivity contribution is 0.355. The van der Waals surface area contributed by atoms with Crippen molar-refractivity contribution in [3.8, 4) is 11.5 Å². The van der Waals surface area contributed by atoms with Crippen molar-refractivity contribution in [1.82, 2.24) is 9.55 Å². The van der Waals surface area contributed by atoms with Crippen LogP contribution in [0.25, 0.3) is 11.0 Å². The van der Waals surface area contributed by atoms with Gasteiger partial charge in [0.2, 0.25) is 0 Å². The summed E-state index contributed by atoms with van der Waals surface area (Å²) < 4.78 is 13.0. The molecule has 1 saturated carbocycles. The van der Waals surface area contributed by atoms with Gasteiger partial charge in [-0.1, -0.05) is 6.92 Å². The highest BCUT2D eigenvalue weighted by Gasteiger charge is 2.38. The third kappa shape index (κ3) is 2.57. The van der Waals surface area contributed by atoms with E-state index in [1.54, 1.807) is 14.2 Å². The van der Waals surface area contributed by atoms with E-state index in [0.29, 0.717) is 11.2 Å². The van der Waals surface area contributed by atoms with Gasteiger partial charge in [-0.15, -0.1) is 11.6 Å². The lowest BCUT2D eigenvalue weighted by atomic mass is 10.1. The number of aromatic nitrogens is 2. The number of benzene rings is 1. The number of rotatable bonds is 5. The van der Waals surface area contributed by atoms with Gasteiger partial charge in [0.15, 0.2) is 11.5 Å². The molecule has 1 aromatic heterocycles. The average molecular weight is 309 g/mol. The zero-order valence-corrected chi connectivity index (χ0v) is 13.7. The molecule has 21 heavy (non-hydrogen) atoms. The molecule has 0 amide bonds. The lowest BCUT2D eigenvalue weighted by Gasteiger charge is -2.15. The fourth-order valence-corrected chi connectivity index (χ4v) is 2.86. The summed E-state index contributed by atoms with van der Waals surface area (Å²) >= 11 is 6.33. The lowest BCUT2D eigenvalue weighted by Crippen LogP contribution is -2.11. The molecule has 1 heterocycles. The van der Waals surface area contributed by atoms with Crippen LogP contribution in [-0.4, -0.2) is 23.8 Å². The first-order chi connectivity index (χ1) is 9.97. The molecular weight excluding hydrogens is 288 g/mol. The van der Waals surface area contributed by atoms with Crippen LogP contribution in [0.1, 0.15) is 37.9 Å². The fraction of sp³-hybridized carbons (Fsp3) is 0.562. The normalized spacial score (nSPS) is 17.8. The molecule has 1 unspecified atom stereocenters. The van der Waals surface area contributed by atoms with E-state index in [2.05, 4.69) is 11.5 Å². The van der Waals surface area contributed by atoms with Gasteiger partial charge in [-0.25, -0.2) is 4.98 Å². The molecule has 0 N–H and O–H groups in total. The van der Waals surface area contributed by atoms with Gasteiger partial charge < -0.3 is 14.0 Å². The van der Waals surface area contributed by atoms with Crippen LogP contribution in [-0.2, 0) is 6.54 Å². The largest absolute Gasteiger partial charge is 0.493 e. The minimum atomic E-state index is -0.128. The predicted octanol–water partition coefficient (Wildman–Crippen LogP) is 4.15. The Hall–Kier alpha value is -1.42. The number of methoxy groups -OCH3 is 2. The van der Waals surface area contributed by atoms with Crippen LogP contribution in [0.15, 0.2) is 12.1 Å². The maximum Gasteiger partial charge on any atom is 0.163 e. The quantitative estimate of drug-likeness (QED) is 0.778. The molecule has 2 aromatic rings. The van der Waals surface area contributed by atoms with Gasteiger partial charge in [-0.3, -0.25) is 0 Å². The molecule has 4 nitrogen and oxygen atoms in total. The molecule has 0 aliphatic heterocycles. The molecule has 0 saturated heterocycles. The summed E-state index contributed by atoms with van der Waals surface area (Å²) in [5, 5.41) is -0.128. The van der Waals surface area contributed by atoms with E-state index in [1.807, 2.05) is 19.1 Å². The zero-order chi connectivity index (χ0) is 15.2. The van der Waals surface area contributed by atoms with E-state index in [1.165, 1.54) is 12.8 Å². The topological polar surface area (TPSA) is 36.3 Å². The van der Waals surface area contributed by atoms with Crippen LogP contribution >= 0.6 is 11.6 Å². The maximum absolute atomic E-state index is 6.33. The highest BCUT2D eigenvalue weighted by molar-refractivity contribution is 6.20. The molecule has 0 spiro atoms. The van der Waals surface area contributed by atoms with Crippen LogP contribution in [0, 0.1) is 5.41 Å². The number of halogens is 1. The third-order valence-electron chi connectivity index (χ3n) is 4.28. The Balaban J connectivity index is 2.18. The van der Waals surface area contributed by atoms with Crippen molar-refractivity contribution in [1.29, 1.82) is 0 Å². The second kappa shape index (κ2) is 5.09. The summed E-state index contributed by atoms with van der Waals surface area (Å²) in [6, 6.07) is 3.92. The van der Waals surface area contributed by atoms with Gasteiger partial charge in [0.05, 0.1) is 30.6 Å². The van der Waals surface area contributed by atoms with Crippen molar-refractivity contribution in [2.75, 3.05) is 14.2 Å². The number of nitrogens with zero attached hydrogens (tertiary/aromatic N) is 2. The Kier molecular flexibility index (Phi) is 3.52. The summed E-state index contributed by atoms with van der Waals surface area (Å²) in [5.74, 6) is 2.33. The molecule has 114 valence electrons. The molecule has 5 heteroatoms. The molecule has 1 aliphatic rings. The van der Waals surface area contributed by atoms with Crippen molar-refractivity contribution in [3.63, 3.8) is 0 Å². The SMILES string of the molecule is COc1cc2nc(C(C)Cl)n(CC3(C)CC3)c2cc1OC. The molecule has 0 bridgehead atoms. The van der Waals surface area contributed by atoms with Crippen molar-refractivity contribution in [3.05, 3.63) is 18.0 Å². The summed E-state index contributed by atoms with van der Waals surface area (Å²) in [7, 11) is 3.29. The number of ether oxygens (including phenoxy) is 2. The fourth-order valence-electron chi connectivity index (χ4n) is 2.69. The van der Waals surface area contributed by atoms with Crippen LogP contribution in [0.2, 0.25) is 0 Å². The second-order valence-corrected chi connectivity index (χ2v) is 6.83. The Bertz CT molecular complexity index is 674. The highest BCUT2D eigenvalue weighted by Crippen LogP contribution is 2.48. The van der Waals surface area contributed by atoms with E-state index in [0.717, 1.165) is 29.2 Å². The van der Waals surface area contributed by atoms with Crippen LogP contribution < -0.4 is 9.47 Å². The molecule has 1 aromatic carbocycles. The third-order valence-corrected chi connectivity index (χ3v) is 4.48. The van der Waals surface area contributed by atoms with E-state index < -0.39 is 0 Å². The van der Waals surface area contributed by atoms with Crippen molar-refractivity contribution in [2.24, 2.45) is 5.41 Å². The number of hydrogen-bond donors (Lipinski definition) is 0. The molecule has 1 aliphatic carbocycles. The monoisotopic (exact) mass is 308 g/mol. The zero-order valence-electron chi connectivity index (χ0n) is 12.9. The standard InChI is InChI=1S/C16H21ClN2O2/c1-10(17)15-18-11-7-13(20-3)14(21-4)8-12(11)19(15)9-16(2)5-6-16/h7-8,10H,5-6,9H2,1-4H3. The number of alkyl halides is 1. The Morgan fingerprint density at radius 1 is 1.29 bits per heavy atom. The first-order valence-corrected chi connectivity index (χ1v) is 7.67. The van der Waals surface area contributed by atoms with Gasteiger partial charge in [0.1, 0.15) is 5.82 Å². The maximum atomic E-state index is 6.33. The van der Waals surface area contributed by atoms with Gasteiger partial charge in [0, 0.05) is 18.7 Å². The molecule has 0 radical (unpaired) electrons. The van der Waals surface area contributed by atoms with E-state index in [4.69, 9.17) is 26.1 Å². The summed E-state index contributed by atoms with van der Waals surface area (Å²) in [5.41, 5.74) is 2.34. The highest BCUT2D eigenvalue weighted by atomic mass is 35.5. The summed E-state index contributed by atoms with van der Waals surface area (Å²) in [6.07, 6.45) is 2.52. The molecule has 3 rings (SSSR count). The number of hydrogen-bond acceptors (Lipinski definition) is 3. The van der Waals surface area contributed by atoms with E-state index in [-0.39, 0.29) is 5.38 Å². The van der Waals surface area contributed by atoms with Crippen LogP contribution in [0.5, 0.6) is 11.5 Å².